The number of β-lactam (4-membered cyclic amide) rings is 1. The van der Waals surface area contributed by atoms with E-state index in [1.807, 2.05) is 47.3 Å². The first-order chi connectivity index (χ1) is 24.2. The van der Waals surface area contributed by atoms with Gasteiger partial charge >= 0.3 is 5.97 Å². The number of Topliss-reactive ketones (excluding diaryl/α,β-unsaturated/α-hetero) is 1. The molecule has 3 aliphatic rings. The third-order valence-electron chi connectivity index (χ3n) is 9.40. The number of oxime groups is 1. The Morgan fingerprint density at radius 2 is 1.94 bits per heavy atom. The van der Waals surface area contributed by atoms with E-state index in [9.17, 15) is 19.5 Å². The van der Waals surface area contributed by atoms with Crippen LogP contribution in [0, 0.1) is 11.3 Å². The number of thioether (sulfide) groups is 1. The van der Waals surface area contributed by atoms with E-state index in [-0.39, 0.29) is 28.7 Å². The summed E-state index contributed by atoms with van der Waals surface area (Å²) in [5.41, 5.74) is 10.5. The van der Waals surface area contributed by atoms with Crippen molar-refractivity contribution < 1.29 is 28.9 Å². The molecule has 6 heterocycles. The molecule has 258 valence electrons. The minimum Gasteiger partial charge on any atom is -0.477 e. The number of rotatable bonds is 11. The summed E-state index contributed by atoms with van der Waals surface area (Å²) in [5, 5.41) is 24.2. The average Bonchev–Trinajstić information content (AvgIpc) is 3.75. The SMILES string of the molecule is CO/N=C(\C(=O)C[C@@H]1C(=O)N2C(C(=O)O)=C(C[n+]3cccc4c3ccn4Cc3ccc(C(=N)N4CCCCC4)cc3)CS[C@H]12)c1csc(N)n1. The van der Waals surface area contributed by atoms with Crippen LogP contribution < -0.4 is 10.3 Å². The average molecular weight is 714 g/mol. The van der Waals surface area contributed by atoms with Crippen LogP contribution in [-0.4, -0.2) is 85.0 Å². The van der Waals surface area contributed by atoms with Crippen LogP contribution >= 0.6 is 23.1 Å². The van der Waals surface area contributed by atoms with Gasteiger partial charge in [-0.1, -0.05) is 29.4 Å². The number of anilines is 1. The summed E-state index contributed by atoms with van der Waals surface area (Å²) < 4.78 is 4.16. The zero-order valence-electron chi connectivity index (χ0n) is 27.4. The number of carbonyl (C=O) groups excluding carboxylic acids is 2. The molecular weight excluding hydrogens is 677 g/mol. The van der Waals surface area contributed by atoms with Crippen LogP contribution in [-0.2, 0) is 32.3 Å². The van der Waals surface area contributed by atoms with Gasteiger partial charge in [0.2, 0.25) is 11.4 Å². The highest BCUT2D eigenvalue weighted by Gasteiger charge is 2.54. The maximum absolute atomic E-state index is 13.4. The van der Waals surface area contributed by atoms with E-state index in [0.717, 1.165) is 59.4 Å². The fourth-order valence-electron chi connectivity index (χ4n) is 6.93. The fraction of sp³-hybridized carbons (Fsp3) is 0.343. The minimum atomic E-state index is -1.18. The highest BCUT2D eigenvalue weighted by molar-refractivity contribution is 8.00. The van der Waals surface area contributed by atoms with E-state index < -0.39 is 29.0 Å². The predicted octanol–water partition coefficient (Wildman–Crippen LogP) is 3.71. The Bertz CT molecular complexity index is 2050. The van der Waals surface area contributed by atoms with E-state index in [0.29, 0.717) is 30.3 Å². The molecule has 1 aromatic carbocycles. The number of nitrogens with one attached hydrogen (secondary N) is 1. The lowest BCUT2D eigenvalue weighted by molar-refractivity contribution is -0.663. The molecular formula is C35H37N8O5S2+. The molecule has 3 aliphatic heterocycles. The van der Waals surface area contributed by atoms with E-state index >= 15 is 0 Å². The minimum absolute atomic E-state index is 0.0241. The Kier molecular flexibility index (Phi) is 9.42. The number of nitrogens with two attached hydrogens (primary N) is 1. The summed E-state index contributed by atoms with van der Waals surface area (Å²) in [6.45, 7) is 2.80. The molecule has 2 atom stereocenters. The van der Waals surface area contributed by atoms with Crippen LogP contribution in [0.5, 0.6) is 0 Å². The second-order valence-corrected chi connectivity index (χ2v) is 14.5. The van der Waals surface area contributed by atoms with Crippen molar-refractivity contribution in [3.8, 4) is 0 Å². The molecule has 2 saturated heterocycles. The molecule has 15 heteroatoms. The van der Waals surface area contributed by atoms with Gasteiger partial charge < -0.3 is 25.1 Å². The first kappa shape index (κ1) is 33.5. The summed E-state index contributed by atoms with van der Waals surface area (Å²) in [6.07, 6.45) is 7.27. The molecule has 0 unspecified atom stereocenters. The summed E-state index contributed by atoms with van der Waals surface area (Å²) in [6, 6.07) is 14.2. The van der Waals surface area contributed by atoms with Gasteiger partial charge in [0.05, 0.1) is 11.3 Å². The number of thiazole rings is 1. The number of ketones is 1. The molecule has 0 bridgehead atoms. The number of carboxylic acids is 1. The summed E-state index contributed by atoms with van der Waals surface area (Å²) in [4.78, 5) is 51.7. The number of carboxylic acid groups (broad SMARTS) is 1. The van der Waals surface area contributed by atoms with E-state index in [4.69, 9.17) is 16.0 Å². The number of hydrogen-bond donors (Lipinski definition) is 3. The van der Waals surface area contributed by atoms with Gasteiger partial charge in [0.1, 0.15) is 29.9 Å². The maximum Gasteiger partial charge on any atom is 0.352 e. The summed E-state index contributed by atoms with van der Waals surface area (Å²) in [5.74, 6) is -1.74. The Morgan fingerprint density at radius 3 is 2.64 bits per heavy atom. The fourth-order valence-corrected chi connectivity index (χ4v) is 8.88. The Morgan fingerprint density at radius 1 is 1.16 bits per heavy atom. The van der Waals surface area contributed by atoms with Gasteiger partial charge in [0.15, 0.2) is 29.4 Å². The topological polar surface area (TPSA) is 171 Å². The Labute approximate surface area is 296 Å². The molecule has 2 fully saturated rings. The van der Waals surface area contributed by atoms with E-state index in [1.165, 1.54) is 30.2 Å². The summed E-state index contributed by atoms with van der Waals surface area (Å²) in [7, 11) is 1.32. The number of nitrogens with zero attached hydrogens (tertiary/aromatic N) is 6. The lowest BCUT2D eigenvalue weighted by Gasteiger charge is -2.49. The molecule has 13 nitrogen and oxygen atoms in total. The monoisotopic (exact) mass is 713 g/mol. The number of carbonyl (C=O) groups is 3. The van der Waals surface area contributed by atoms with Crippen LogP contribution in [0.25, 0.3) is 11.0 Å². The van der Waals surface area contributed by atoms with Gasteiger partial charge in [-0.3, -0.25) is 19.9 Å². The second kappa shape index (κ2) is 14.1. The molecule has 3 aromatic heterocycles. The highest BCUT2D eigenvalue weighted by Crippen LogP contribution is 2.45. The number of hydrogen-bond acceptors (Lipinski definition) is 10. The normalized spacial score (nSPS) is 19.4. The quantitative estimate of drug-likeness (QED) is 0.0689. The number of piperidine rings is 1. The van der Waals surface area contributed by atoms with E-state index in [2.05, 4.69) is 31.7 Å². The van der Waals surface area contributed by atoms with Crippen molar-refractivity contribution in [1.29, 1.82) is 5.41 Å². The van der Waals surface area contributed by atoms with Gasteiger partial charge in [-0.05, 0) is 30.9 Å². The molecule has 4 aromatic rings. The van der Waals surface area contributed by atoms with Crippen molar-refractivity contribution in [1.82, 2.24) is 19.4 Å². The third-order valence-corrected chi connectivity index (χ3v) is 11.5. The molecule has 1 amide bonds. The highest BCUT2D eigenvalue weighted by atomic mass is 32.2. The zero-order chi connectivity index (χ0) is 34.9. The number of fused-ring (bicyclic) bond motifs is 2. The van der Waals surface area contributed by atoms with Gasteiger partial charge in [-0.2, -0.15) is 4.57 Å². The number of likely N-dealkylation sites (tertiary alicyclic amines) is 1. The van der Waals surface area contributed by atoms with Crippen LogP contribution in [0.4, 0.5) is 5.13 Å². The summed E-state index contributed by atoms with van der Waals surface area (Å²) >= 11 is 2.62. The first-order valence-electron chi connectivity index (χ1n) is 16.4. The van der Waals surface area contributed by atoms with Gasteiger partial charge in [-0.15, -0.1) is 23.1 Å². The van der Waals surface area contributed by atoms with Crippen molar-refractivity contribution in [3.05, 3.63) is 88.3 Å². The molecule has 0 spiro atoms. The maximum atomic E-state index is 13.4. The van der Waals surface area contributed by atoms with E-state index in [1.54, 1.807) is 5.38 Å². The Hall–Kier alpha value is -5.02. The van der Waals surface area contributed by atoms with Crippen molar-refractivity contribution in [3.63, 3.8) is 0 Å². The molecule has 50 heavy (non-hydrogen) atoms. The van der Waals surface area contributed by atoms with Crippen LogP contribution in [0.1, 0.15) is 42.5 Å². The number of aliphatic carboxylic acids is 1. The van der Waals surface area contributed by atoms with Crippen LogP contribution in [0.3, 0.4) is 0 Å². The van der Waals surface area contributed by atoms with Gasteiger partial charge in [-0.25, -0.2) is 9.78 Å². The number of benzene rings is 1. The lowest BCUT2D eigenvalue weighted by Crippen LogP contribution is -2.62. The van der Waals surface area contributed by atoms with Crippen LogP contribution in [0.15, 0.2) is 76.7 Å². The standard InChI is InChI=1S/C35H36N8O5S2/c1-48-39-29(25-20-50-35(37)38-25)28(44)16-24-32(45)43-30(34(46)47)23(19-49-33(24)43)18-41-14-5-6-26-27(41)11-15-42(26)17-21-7-9-22(10-8-21)31(36)40-12-3-2-4-13-40/h5-11,14-15,20,24,33,36H,2-4,12-13,16-19H2,1H3,(H2-,37,38,46,47)/p+1/b36-31?,39-29-/t24-,33-/m1/s1. The van der Waals surface area contributed by atoms with Crippen molar-refractivity contribution >= 4 is 68.5 Å². The third kappa shape index (κ3) is 6.38. The van der Waals surface area contributed by atoms with Gasteiger partial charge in [0.25, 0.3) is 0 Å². The van der Waals surface area contributed by atoms with Crippen molar-refractivity contribution in [2.24, 2.45) is 11.1 Å². The number of aromatic nitrogens is 3. The molecule has 0 aliphatic carbocycles. The molecule has 7 rings (SSSR count). The van der Waals surface area contributed by atoms with Crippen LogP contribution in [0.2, 0.25) is 0 Å². The number of nitrogen functional groups attached to an aromatic ring is 1. The molecule has 0 radical (unpaired) electrons. The lowest BCUT2D eigenvalue weighted by atomic mass is 9.89. The number of amides is 1. The molecule has 0 saturated carbocycles. The largest absolute Gasteiger partial charge is 0.477 e. The predicted molar refractivity (Wildman–Crippen MR) is 191 cm³/mol. The number of amidine groups is 1. The molecule has 4 N–H and O–H groups in total. The van der Waals surface area contributed by atoms with Crippen molar-refractivity contribution in [2.75, 3.05) is 31.7 Å². The second-order valence-electron chi connectivity index (χ2n) is 12.5. The number of pyridine rings is 1. The smallest absolute Gasteiger partial charge is 0.352 e. The first-order valence-corrected chi connectivity index (χ1v) is 18.3. The van der Waals surface area contributed by atoms with Gasteiger partial charge in [0, 0.05) is 66.7 Å². The van der Waals surface area contributed by atoms with Crippen molar-refractivity contribution in [2.45, 2.75) is 44.1 Å². The Balaban J connectivity index is 1.06. The zero-order valence-corrected chi connectivity index (χ0v) is 29.1.